The monoisotopic (exact) mass is 255 g/mol. The van der Waals surface area contributed by atoms with Gasteiger partial charge in [0, 0.05) is 31.5 Å². The van der Waals surface area contributed by atoms with E-state index in [4.69, 9.17) is 5.73 Å². The molecule has 0 radical (unpaired) electrons. The van der Waals surface area contributed by atoms with Crippen LogP contribution in [0, 0.1) is 0 Å². The number of rotatable bonds is 3. The van der Waals surface area contributed by atoms with Crippen LogP contribution < -0.4 is 5.73 Å². The van der Waals surface area contributed by atoms with Crippen molar-refractivity contribution in [2.45, 2.75) is 24.6 Å². The minimum atomic E-state index is -3.26. The molecule has 0 spiro atoms. The first-order valence-electron chi connectivity index (χ1n) is 5.70. The Morgan fingerprint density at radius 2 is 2.35 bits per heavy atom. The van der Waals surface area contributed by atoms with Gasteiger partial charge in [0.05, 0.1) is 5.75 Å². The number of piperidine rings is 1. The van der Waals surface area contributed by atoms with Crippen LogP contribution in [0.2, 0.25) is 0 Å². The third-order valence-corrected chi connectivity index (χ3v) is 4.70. The standard InChI is InChI=1S/C11H17N3O2S/c12-11-4-2-6-14(8-11)17(15,16)9-10-3-1-5-13-7-10/h1,3,5,7,11H,2,4,6,8-9,12H2/t11-/m0/s1. The highest BCUT2D eigenvalue weighted by Gasteiger charge is 2.27. The van der Waals surface area contributed by atoms with Crippen LogP contribution in [0.15, 0.2) is 24.5 Å². The SMILES string of the molecule is N[C@H]1CCCN(S(=O)(=O)Cc2cccnc2)C1. The number of pyridine rings is 1. The zero-order chi connectivity index (χ0) is 12.3. The zero-order valence-corrected chi connectivity index (χ0v) is 10.4. The Morgan fingerprint density at radius 3 is 3.00 bits per heavy atom. The molecule has 6 heteroatoms. The van der Waals surface area contributed by atoms with Crippen molar-refractivity contribution in [1.29, 1.82) is 0 Å². The number of hydrogen-bond donors (Lipinski definition) is 1. The molecule has 2 rings (SSSR count). The third kappa shape index (κ3) is 3.24. The number of nitrogens with two attached hydrogens (primary N) is 1. The smallest absolute Gasteiger partial charge is 0.218 e. The summed E-state index contributed by atoms with van der Waals surface area (Å²) in [6, 6.07) is 3.48. The van der Waals surface area contributed by atoms with Gasteiger partial charge in [0.15, 0.2) is 0 Å². The summed E-state index contributed by atoms with van der Waals surface area (Å²) in [6.45, 7) is 1.01. The third-order valence-electron chi connectivity index (χ3n) is 2.89. The van der Waals surface area contributed by atoms with Crippen LogP contribution in [-0.2, 0) is 15.8 Å². The van der Waals surface area contributed by atoms with Crippen LogP contribution in [0.4, 0.5) is 0 Å². The fourth-order valence-electron chi connectivity index (χ4n) is 2.01. The molecule has 0 unspecified atom stereocenters. The predicted octanol–water partition coefficient (Wildman–Crippen LogP) is 0.334. The van der Waals surface area contributed by atoms with E-state index in [2.05, 4.69) is 4.98 Å². The summed E-state index contributed by atoms with van der Waals surface area (Å²) in [4.78, 5) is 3.92. The molecule has 1 atom stereocenters. The van der Waals surface area contributed by atoms with E-state index >= 15 is 0 Å². The van der Waals surface area contributed by atoms with Gasteiger partial charge in [-0.25, -0.2) is 12.7 Å². The molecular formula is C11H17N3O2S. The summed E-state index contributed by atoms with van der Waals surface area (Å²) in [5.41, 5.74) is 6.51. The van der Waals surface area contributed by atoms with Crippen LogP contribution in [0.25, 0.3) is 0 Å². The summed E-state index contributed by atoms with van der Waals surface area (Å²) in [5.74, 6) is 0.00750. The summed E-state index contributed by atoms with van der Waals surface area (Å²) >= 11 is 0. The molecule has 17 heavy (non-hydrogen) atoms. The normalized spacial score (nSPS) is 22.5. The molecule has 1 saturated heterocycles. The maximum Gasteiger partial charge on any atom is 0.218 e. The van der Waals surface area contributed by atoms with Crippen LogP contribution in [0.5, 0.6) is 0 Å². The second-order valence-electron chi connectivity index (χ2n) is 4.38. The molecular weight excluding hydrogens is 238 g/mol. The van der Waals surface area contributed by atoms with Crippen LogP contribution in [0.1, 0.15) is 18.4 Å². The highest BCUT2D eigenvalue weighted by Crippen LogP contribution is 2.16. The van der Waals surface area contributed by atoms with E-state index < -0.39 is 10.0 Å². The van der Waals surface area contributed by atoms with Gasteiger partial charge in [-0.3, -0.25) is 4.98 Å². The summed E-state index contributed by atoms with van der Waals surface area (Å²) in [5, 5.41) is 0. The molecule has 0 aromatic carbocycles. The van der Waals surface area contributed by atoms with Crippen molar-refractivity contribution in [3.05, 3.63) is 30.1 Å². The van der Waals surface area contributed by atoms with Crippen molar-refractivity contribution in [3.63, 3.8) is 0 Å². The van der Waals surface area contributed by atoms with E-state index in [1.54, 1.807) is 24.5 Å². The van der Waals surface area contributed by atoms with Gasteiger partial charge in [0.25, 0.3) is 0 Å². The van der Waals surface area contributed by atoms with Gasteiger partial charge in [-0.2, -0.15) is 0 Å². The van der Waals surface area contributed by atoms with Gasteiger partial charge in [-0.15, -0.1) is 0 Å². The highest BCUT2D eigenvalue weighted by atomic mass is 32.2. The number of hydrogen-bond acceptors (Lipinski definition) is 4. The largest absolute Gasteiger partial charge is 0.327 e. The molecule has 0 aliphatic carbocycles. The Hall–Kier alpha value is -0.980. The van der Waals surface area contributed by atoms with E-state index in [9.17, 15) is 8.42 Å². The number of nitrogens with zero attached hydrogens (tertiary/aromatic N) is 2. The van der Waals surface area contributed by atoms with E-state index in [0.717, 1.165) is 12.8 Å². The lowest BCUT2D eigenvalue weighted by atomic mass is 10.1. The molecule has 2 heterocycles. The first-order chi connectivity index (χ1) is 8.08. The van der Waals surface area contributed by atoms with Crippen molar-refractivity contribution < 1.29 is 8.42 Å². The minimum Gasteiger partial charge on any atom is -0.327 e. The van der Waals surface area contributed by atoms with E-state index in [-0.39, 0.29) is 11.8 Å². The molecule has 94 valence electrons. The minimum absolute atomic E-state index is 0.00750. The molecule has 5 nitrogen and oxygen atoms in total. The number of sulfonamides is 1. The van der Waals surface area contributed by atoms with Crippen molar-refractivity contribution in [1.82, 2.24) is 9.29 Å². The van der Waals surface area contributed by atoms with Crippen LogP contribution in [0.3, 0.4) is 0 Å². The maximum atomic E-state index is 12.1. The fourth-order valence-corrected chi connectivity index (χ4v) is 3.61. The van der Waals surface area contributed by atoms with Gasteiger partial charge < -0.3 is 5.73 Å². The summed E-state index contributed by atoms with van der Waals surface area (Å²) in [6.07, 6.45) is 4.96. The average molecular weight is 255 g/mol. The molecule has 0 saturated carbocycles. The van der Waals surface area contributed by atoms with Gasteiger partial charge in [0.1, 0.15) is 0 Å². The van der Waals surface area contributed by atoms with Crippen molar-refractivity contribution >= 4 is 10.0 Å². The summed E-state index contributed by atoms with van der Waals surface area (Å²) < 4.78 is 25.8. The number of aromatic nitrogens is 1. The fraction of sp³-hybridized carbons (Fsp3) is 0.545. The van der Waals surface area contributed by atoms with E-state index in [0.29, 0.717) is 18.7 Å². The first-order valence-corrected chi connectivity index (χ1v) is 7.31. The van der Waals surface area contributed by atoms with Crippen molar-refractivity contribution in [2.24, 2.45) is 5.73 Å². The Labute approximate surface area is 102 Å². The average Bonchev–Trinajstić information content (AvgIpc) is 2.30. The van der Waals surface area contributed by atoms with Crippen LogP contribution in [-0.4, -0.2) is 36.8 Å². The van der Waals surface area contributed by atoms with E-state index in [1.807, 2.05) is 0 Å². The summed E-state index contributed by atoms with van der Waals surface area (Å²) in [7, 11) is -3.26. The Morgan fingerprint density at radius 1 is 1.53 bits per heavy atom. The molecule has 1 aliphatic rings. The molecule has 0 amide bonds. The van der Waals surface area contributed by atoms with Crippen LogP contribution >= 0.6 is 0 Å². The quantitative estimate of drug-likeness (QED) is 0.844. The Bertz CT molecular complexity index is 461. The first kappa shape index (κ1) is 12.5. The molecule has 1 aliphatic heterocycles. The van der Waals surface area contributed by atoms with Gasteiger partial charge >= 0.3 is 0 Å². The molecule has 1 aromatic heterocycles. The highest BCUT2D eigenvalue weighted by molar-refractivity contribution is 7.88. The Kier molecular flexibility index (Phi) is 3.76. The second-order valence-corrected chi connectivity index (χ2v) is 6.35. The topological polar surface area (TPSA) is 76.3 Å². The predicted molar refractivity (Wildman–Crippen MR) is 65.6 cm³/mol. The van der Waals surface area contributed by atoms with Gasteiger partial charge in [0.2, 0.25) is 10.0 Å². The maximum absolute atomic E-state index is 12.1. The second kappa shape index (κ2) is 5.12. The van der Waals surface area contributed by atoms with Crippen molar-refractivity contribution in [3.8, 4) is 0 Å². The zero-order valence-electron chi connectivity index (χ0n) is 9.62. The van der Waals surface area contributed by atoms with Gasteiger partial charge in [-0.05, 0) is 24.5 Å². The lowest BCUT2D eigenvalue weighted by Crippen LogP contribution is -2.46. The molecule has 1 aromatic rings. The Balaban J connectivity index is 2.08. The van der Waals surface area contributed by atoms with Gasteiger partial charge in [-0.1, -0.05) is 6.07 Å². The molecule has 2 N–H and O–H groups in total. The van der Waals surface area contributed by atoms with E-state index in [1.165, 1.54) is 4.31 Å². The molecule has 1 fully saturated rings. The lowest BCUT2D eigenvalue weighted by Gasteiger charge is -2.29. The molecule has 0 bridgehead atoms. The lowest BCUT2D eigenvalue weighted by molar-refractivity contribution is 0.315. The van der Waals surface area contributed by atoms with Crippen molar-refractivity contribution in [2.75, 3.05) is 13.1 Å².